The summed E-state index contributed by atoms with van der Waals surface area (Å²) in [4.78, 5) is 11.8. The molecule has 1 rings (SSSR count). The summed E-state index contributed by atoms with van der Waals surface area (Å²) in [5, 5.41) is 3.46. The average molecular weight is 335 g/mol. The monoisotopic (exact) mass is 333 g/mol. The minimum absolute atomic E-state index is 0.0213. The minimum Gasteiger partial charge on any atom is -0.484 e. The second-order valence-electron chi connectivity index (χ2n) is 3.93. The highest BCUT2D eigenvalue weighted by atomic mass is 79.9. The van der Waals surface area contributed by atoms with Gasteiger partial charge in [0, 0.05) is 16.4 Å². The molecular formula is C13H17BrClNO2. The van der Waals surface area contributed by atoms with Crippen molar-refractivity contribution >= 4 is 33.4 Å². The number of ether oxygens (including phenoxy) is 1. The van der Waals surface area contributed by atoms with Crippen molar-refractivity contribution < 1.29 is 9.53 Å². The van der Waals surface area contributed by atoms with Crippen LogP contribution in [0.3, 0.4) is 0 Å². The molecule has 5 heteroatoms. The van der Waals surface area contributed by atoms with Crippen LogP contribution in [-0.4, -0.2) is 23.9 Å². The van der Waals surface area contributed by atoms with Crippen LogP contribution in [0.4, 0.5) is 0 Å². The van der Waals surface area contributed by atoms with E-state index in [1.165, 1.54) is 0 Å². The van der Waals surface area contributed by atoms with Crippen molar-refractivity contribution in [1.29, 1.82) is 0 Å². The van der Waals surface area contributed by atoms with E-state index in [1.54, 1.807) is 24.3 Å². The van der Waals surface area contributed by atoms with Gasteiger partial charge in [-0.25, -0.2) is 0 Å². The van der Waals surface area contributed by atoms with E-state index in [9.17, 15) is 4.79 Å². The van der Waals surface area contributed by atoms with Crippen LogP contribution in [0.15, 0.2) is 24.3 Å². The van der Waals surface area contributed by atoms with Crippen molar-refractivity contribution in [3.05, 3.63) is 29.3 Å². The highest BCUT2D eigenvalue weighted by Crippen LogP contribution is 2.15. The molecule has 1 amide bonds. The van der Waals surface area contributed by atoms with E-state index in [2.05, 4.69) is 28.2 Å². The number of halogens is 2. The first kappa shape index (κ1) is 15.3. The molecule has 0 saturated carbocycles. The Morgan fingerprint density at radius 2 is 2.11 bits per heavy atom. The third-order valence-electron chi connectivity index (χ3n) is 2.31. The Hall–Kier alpha value is -0.740. The van der Waals surface area contributed by atoms with E-state index < -0.39 is 0 Å². The van der Waals surface area contributed by atoms with Crippen molar-refractivity contribution in [2.75, 3.05) is 13.2 Å². The molecule has 0 aromatic heterocycles. The number of nitrogens with one attached hydrogen (secondary N) is 1. The molecule has 0 aliphatic carbocycles. The maximum Gasteiger partial charge on any atom is 0.257 e. The lowest BCUT2D eigenvalue weighted by molar-refractivity contribution is -0.123. The predicted octanol–water partition coefficient (Wildman–Crippen LogP) is 3.40. The zero-order chi connectivity index (χ0) is 13.4. The van der Waals surface area contributed by atoms with Gasteiger partial charge in [-0.15, -0.1) is 0 Å². The first-order valence-electron chi connectivity index (χ1n) is 5.91. The van der Waals surface area contributed by atoms with Gasteiger partial charge < -0.3 is 10.1 Å². The number of hydrogen-bond donors (Lipinski definition) is 1. The summed E-state index contributed by atoms with van der Waals surface area (Å²) in [5.74, 6) is 0.518. The van der Waals surface area contributed by atoms with Crippen molar-refractivity contribution in [2.45, 2.75) is 24.6 Å². The van der Waals surface area contributed by atoms with E-state index in [1.807, 2.05) is 0 Å². The first-order chi connectivity index (χ1) is 8.61. The number of amides is 1. The molecule has 0 fully saturated rings. The van der Waals surface area contributed by atoms with Gasteiger partial charge in [0.1, 0.15) is 5.75 Å². The largest absolute Gasteiger partial charge is 0.484 e. The quantitative estimate of drug-likeness (QED) is 0.776. The number of carbonyl (C=O) groups excluding carboxylic acids is 1. The molecule has 0 bridgehead atoms. The van der Waals surface area contributed by atoms with Crippen molar-refractivity contribution in [1.82, 2.24) is 5.32 Å². The minimum atomic E-state index is -0.120. The fourth-order valence-corrected chi connectivity index (χ4v) is 2.12. The van der Waals surface area contributed by atoms with E-state index in [4.69, 9.17) is 16.3 Å². The molecule has 1 aromatic rings. The fraction of sp³-hybridized carbons (Fsp3) is 0.462. The number of alkyl halides is 1. The van der Waals surface area contributed by atoms with Gasteiger partial charge in [-0.3, -0.25) is 4.79 Å². The fourth-order valence-electron chi connectivity index (χ4n) is 1.37. The van der Waals surface area contributed by atoms with Crippen LogP contribution < -0.4 is 10.1 Å². The van der Waals surface area contributed by atoms with Crippen LogP contribution in [0, 0.1) is 0 Å². The molecule has 1 aromatic carbocycles. The highest BCUT2D eigenvalue weighted by molar-refractivity contribution is 9.09. The molecular weight excluding hydrogens is 318 g/mol. The number of hydrogen-bond acceptors (Lipinski definition) is 2. The molecule has 1 N–H and O–H groups in total. The topological polar surface area (TPSA) is 38.3 Å². The Bertz CT molecular complexity index is 370. The molecule has 3 nitrogen and oxygen atoms in total. The van der Waals surface area contributed by atoms with Gasteiger partial charge in [0.15, 0.2) is 6.61 Å². The zero-order valence-electron chi connectivity index (χ0n) is 10.3. The lowest BCUT2D eigenvalue weighted by Gasteiger charge is -2.10. The molecule has 18 heavy (non-hydrogen) atoms. The van der Waals surface area contributed by atoms with E-state index in [0.29, 0.717) is 22.1 Å². The molecule has 0 saturated heterocycles. The summed E-state index contributed by atoms with van der Waals surface area (Å²) >= 11 is 9.25. The maximum atomic E-state index is 11.5. The zero-order valence-corrected chi connectivity index (χ0v) is 12.6. The first-order valence-corrected chi connectivity index (χ1v) is 7.20. The molecule has 0 aliphatic rings. The van der Waals surface area contributed by atoms with Gasteiger partial charge in [-0.2, -0.15) is 0 Å². The van der Waals surface area contributed by atoms with Crippen LogP contribution in [0.2, 0.25) is 5.02 Å². The van der Waals surface area contributed by atoms with Crippen LogP contribution >= 0.6 is 27.5 Å². The van der Waals surface area contributed by atoms with Crippen LogP contribution in [0.25, 0.3) is 0 Å². The molecule has 0 heterocycles. The Labute approximate surface area is 121 Å². The van der Waals surface area contributed by atoms with Crippen molar-refractivity contribution in [3.63, 3.8) is 0 Å². The predicted molar refractivity (Wildman–Crippen MR) is 77.6 cm³/mol. The average Bonchev–Trinajstić information content (AvgIpc) is 2.36. The second-order valence-corrected chi connectivity index (χ2v) is 5.66. The summed E-state index contributed by atoms with van der Waals surface area (Å²) in [6, 6.07) is 6.93. The highest BCUT2D eigenvalue weighted by Gasteiger charge is 2.06. The summed E-state index contributed by atoms with van der Waals surface area (Å²) in [6.45, 7) is 2.75. The van der Waals surface area contributed by atoms with Gasteiger partial charge in [0.25, 0.3) is 5.91 Å². The standard InChI is InChI=1S/C13H17BrClNO2/c1-2-3-10(14)8-16-13(17)9-18-12-6-4-11(15)5-7-12/h4-7,10H,2-3,8-9H2,1H3,(H,16,17). The van der Waals surface area contributed by atoms with Crippen LogP contribution in [0.5, 0.6) is 5.75 Å². The third kappa shape index (κ3) is 6.26. The van der Waals surface area contributed by atoms with Crippen LogP contribution in [0.1, 0.15) is 19.8 Å². The lowest BCUT2D eigenvalue weighted by atomic mass is 10.2. The van der Waals surface area contributed by atoms with Gasteiger partial charge in [-0.1, -0.05) is 40.9 Å². The molecule has 1 unspecified atom stereocenters. The smallest absolute Gasteiger partial charge is 0.257 e. The lowest BCUT2D eigenvalue weighted by Crippen LogP contribution is -2.33. The van der Waals surface area contributed by atoms with E-state index >= 15 is 0 Å². The van der Waals surface area contributed by atoms with Gasteiger partial charge >= 0.3 is 0 Å². The van der Waals surface area contributed by atoms with E-state index in [0.717, 1.165) is 12.8 Å². The number of rotatable bonds is 7. The van der Waals surface area contributed by atoms with E-state index in [-0.39, 0.29) is 12.5 Å². The normalized spacial score (nSPS) is 11.9. The van der Waals surface area contributed by atoms with Gasteiger partial charge in [-0.05, 0) is 30.7 Å². The third-order valence-corrected chi connectivity index (χ3v) is 3.34. The Morgan fingerprint density at radius 1 is 1.44 bits per heavy atom. The maximum absolute atomic E-state index is 11.5. The summed E-state index contributed by atoms with van der Waals surface area (Å²) in [6.07, 6.45) is 2.13. The Morgan fingerprint density at radius 3 is 2.72 bits per heavy atom. The molecule has 100 valence electrons. The van der Waals surface area contributed by atoms with Crippen LogP contribution in [-0.2, 0) is 4.79 Å². The summed E-state index contributed by atoms with van der Waals surface area (Å²) in [5.41, 5.74) is 0. The second kappa shape index (κ2) is 8.38. The van der Waals surface area contributed by atoms with Gasteiger partial charge in [0.05, 0.1) is 0 Å². The molecule has 0 radical (unpaired) electrons. The summed E-state index contributed by atoms with van der Waals surface area (Å²) in [7, 11) is 0. The number of carbonyl (C=O) groups is 1. The Kier molecular flexibility index (Phi) is 7.13. The Balaban J connectivity index is 2.22. The summed E-state index contributed by atoms with van der Waals surface area (Å²) < 4.78 is 5.33. The molecule has 1 atom stereocenters. The number of benzene rings is 1. The van der Waals surface area contributed by atoms with Crippen molar-refractivity contribution in [2.24, 2.45) is 0 Å². The van der Waals surface area contributed by atoms with Gasteiger partial charge in [0.2, 0.25) is 0 Å². The molecule has 0 aliphatic heterocycles. The van der Waals surface area contributed by atoms with Crippen molar-refractivity contribution in [3.8, 4) is 5.75 Å². The SMILES string of the molecule is CCCC(Br)CNC(=O)COc1ccc(Cl)cc1. The molecule has 0 spiro atoms.